The van der Waals surface area contributed by atoms with Crippen molar-refractivity contribution in [1.82, 2.24) is 4.98 Å². The van der Waals surface area contributed by atoms with Gasteiger partial charge < -0.3 is 9.47 Å². The topological polar surface area (TPSA) is 48.4 Å². The Morgan fingerprint density at radius 3 is 2.71 bits per heavy atom. The molecule has 6 heteroatoms. The second kappa shape index (κ2) is 7.13. The Hall–Kier alpha value is -2.01. The van der Waals surface area contributed by atoms with E-state index in [9.17, 15) is 4.79 Å². The van der Waals surface area contributed by atoms with Crippen molar-refractivity contribution in [3.05, 3.63) is 52.8 Å². The number of ether oxygens (including phenoxy) is 2. The lowest BCUT2D eigenvalue weighted by Crippen LogP contribution is -2.02. The summed E-state index contributed by atoms with van der Waals surface area (Å²) in [5.41, 5.74) is 1.23. The number of aromatic nitrogens is 1. The molecule has 0 amide bonds. The van der Waals surface area contributed by atoms with Crippen LogP contribution >= 0.6 is 11.6 Å². The van der Waals surface area contributed by atoms with Crippen molar-refractivity contribution in [1.29, 1.82) is 0 Å². The highest BCUT2D eigenvalue weighted by Crippen LogP contribution is 2.29. The monoisotopic (exact) mass is 301 g/mol. The van der Waals surface area contributed by atoms with Gasteiger partial charge in [0.15, 0.2) is 17.3 Å². The summed E-state index contributed by atoms with van der Waals surface area (Å²) in [7, 11) is 6.85. The molecule has 0 aliphatic heterocycles. The quantitative estimate of drug-likeness (QED) is 0.607. The van der Waals surface area contributed by atoms with Gasteiger partial charge >= 0.3 is 0 Å². The molecule has 1 heterocycles. The standard InChI is InChI=1S/C15H13BClNO3/c1-20-15-6-10(13(19)7-16)2-5-14(15)21-9-12-4-3-11(17)8-18-12/h2-6,8H,7,9H2,1H3. The molecule has 1 aromatic heterocycles. The number of hydrogen-bond donors (Lipinski definition) is 0. The highest BCUT2D eigenvalue weighted by molar-refractivity contribution is 6.30. The molecular weight excluding hydrogens is 288 g/mol. The maximum absolute atomic E-state index is 11.6. The fourth-order valence-electron chi connectivity index (χ4n) is 1.72. The number of benzene rings is 1. The van der Waals surface area contributed by atoms with Gasteiger partial charge in [0, 0.05) is 11.8 Å². The Morgan fingerprint density at radius 1 is 1.29 bits per heavy atom. The van der Waals surface area contributed by atoms with Crippen molar-refractivity contribution in [3.8, 4) is 11.5 Å². The molecule has 0 aliphatic rings. The molecular formula is C15H13BClNO3. The molecule has 0 bridgehead atoms. The Morgan fingerprint density at radius 2 is 2.10 bits per heavy atom. The number of halogens is 1. The molecule has 106 valence electrons. The average Bonchev–Trinajstić information content (AvgIpc) is 2.53. The van der Waals surface area contributed by atoms with Gasteiger partial charge in [0.2, 0.25) is 0 Å². The Bertz CT molecular complexity index is 631. The normalized spacial score (nSPS) is 10.2. The largest absolute Gasteiger partial charge is 0.493 e. The minimum absolute atomic E-state index is 0.0436. The number of carbonyl (C=O) groups is 1. The molecule has 2 radical (unpaired) electrons. The van der Waals surface area contributed by atoms with Crippen molar-refractivity contribution < 1.29 is 14.3 Å². The lowest BCUT2D eigenvalue weighted by Gasteiger charge is -2.11. The highest BCUT2D eigenvalue weighted by Gasteiger charge is 2.10. The molecule has 2 aromatic rings. The summed E-state index contributed by atoms with van der Waals surface area (Å²) >= 11 is 5.77. The third kappa shape index (κ3) is 3.98. The molecule has 0 fully saturated rings. The number of hydrogen-bond acceptors (Lipinski definition) is 4. The van der Waals surface area contributed by atoms with Crippen LogP contribution in [0.3, 0.4) is 0 Å². The van der Waals surface area contributed by atoms with Crippen LogP contribution in [0.4, 0.5) is 0 Å². The molecule has 0 N–H and O–H groups in total. The van der Waals surface area contributed by atoms with E-state index in [1.807, 2.05) is 0 Å². The molecule has 4 nitrogen and oxygen atoms in total. The number of ketones is 1. The summed E-state index contributed by atoms with van der Waals surface area (Å²) in [6.45, 7) is 0.276. The second-order valence-electron chi connectivity index (χ2n) is 4.25. The zero-order valence-corrected chi connectivity index (χ0v) is 12.3. The molecule has 1 aromatic carbocycles. The maximum Gasteiger partial charge on any atom is 0.161 e. The van der Waals surface area contributed by atoms with Crippen molar-refractivity contribution in [2.24, 2.45) is 0 Å². The van der Waals surface area contributed by atoms with Crippen LogP contribution in [0.5, 0.6) is 11.5 Å². The summed E-state index contributed by atoms with van der Waals surface area (Å²) in [6.07, 6.45) is 1.51. The summed E-state index contributed by atoms with van der Waals surface area (Å²) in [6, 6.07) is 8.47. The summed E-state index contributed by atoms with van der Waals surface area (Å²) in [4.78, 5) is 15.7. The molecule has 0 aliphatic carbocycles. The minimum Gasteiger partial charge on any atom is -0.493 e. The first-order valence-corrected chi connectivity index (χ1v) is 6.66. The van der Waals surface area contributed by atoms with Crippen LogP contribution < -0.4 is 9.47 Å². The minimum atomic E-state index is -0.154. The van der Waals surface area contributed by atoms with E-state index in [0.29, 0.717) is 22.1 Å². The van der Waals surface area contributed by atoms with Crippen LogP contribution in [-0.4, -0.2) is 25.7 Å². The Balaban J connectivity index is 2.12. The van der Waals surface area contributed by atoms with Gasteiger partial charge in [-0.25, -0.2) is 0 Å². The fraction of sp³-hybridized carbons (Fsp3) is 0.200. The maximum atomic E-state index is 11.6. The number of pyridine rings is 1. The van der Waals surface area contributed by atoms with E-state index >= 15 is 0 Å². The van der Waals surface area contributed by atoms with E-state index in [2.05, 4.69) is 4.98 Å². The van der Waals surface area contributed by atoms with Gasteiger partial charge in [0.1, 0.15) is 6.61 Å². The fourth-order valence-corrected chi connectivity index (χ4v) is 1.83. The van der Waals surface area contributed by atoms with Gasteiger partial charge in [-0.3, -0.25) is 9.78 Å². The SMILES string of the molecule is [B]CC(=O)c1ccc(OCc2ccc(Cl)cn2)c(OC)c1. The van der Waals surface area contributed by atoms with Crippen LogP contribution in [0.2, 0.25) is 11.3 Å². The summed E-state index contributed by atoms with van der Waals surface area (Å²) < 4.78 is 10.9. The van der Waals surface area contributed by atoms with Crippen molar-refractivity contribution in [2.45, 2.75) is 12.9 Å². The number of carbonyl (C=O) groups excluding carboxylic acids is 1. The van der Waals surface area contributed by atoms with E-state index in [0.717, 1.165) is 5.69 Å². The Labute approximate surface area is 129 Å². The summed E-state index contributed by atoms with van der Waals surface area (Å²) in [5, 5.41) is 0.570. The van der Waals surface area contributed by atoms with E-state index in [1.165, 1.54) is 7.11 Å². The second-order valence-corrected chi connectivity index (χ2v) is 4.69. The number of methoxy groups -OCH3 is 1. The lowest BCUT2D eigenvalue weighted by molar-refractivity contribution is 0.101. The van der Waals surface area contributed by atoms with Gasteiger partial charge in [0.05, 0.1) is 25.7 Å². The van der Waals surface area contributed by atoms with Gasteiger partial charge in [-0.15, -0.1) is 0 Å². The third-order valence-electron chi connectivity index (χ3n) is 2.84. The smallest absolute Gasteiger partial charge is 0.161 e. The number of Topliss-reactive ketones (excluding diaryl/α,β-unsaturated/α-hetero) is 1. The molecule has 21 heavy (non-hydrogen) atoms. The third-order valence-corrected chi connectivity index (χ3v) is 3.06. The zero-order chi connectivity index (χ0) is 15.2. The van der Waals surface area contributed by atoms with E-state index in [4.69, 9.17) is 28.9 Å². The predicted octanol–water partition coefficient (Wildman–Crippen LogP) is 3.09. The van der Waals surface area contributed by atoms with Crippen LogP contribution in [0, 0.1) is 0 Å². The summed E-state index contributed by atoms with van der Waals surface area (Å²) in [5.74, 6) is 0.852. The van der Waals surface area contributed by atoms with E-state index in [-0.39, 0.29) is 18.7 Å². The van der Waals surface area contributed by atoms with Gasteiger partial charge in [-0.2, -0.15) is 0 Å². The van der Waals surface area contributed by atoms with Crippen LogP contribution in [0.1, 0.15) is 16.1 Å². The van der Waals surface area contributed by atoms with E-state index in [1.54, 1.807) is 36.5 Å². The van der Waals surface area contributed by atoms with Crippen molar-refractivity contribution in [2.75, 3.05) is 7.11 Å². The van der Waals surface area contributed by atoms with Crippen molar-refractivity contribution >= 4 is 25.2 Å². The molecule has 0 saturated carbocycles. The molecule has 0 unspecified atom stereocenters. The van der Waals surface area contributed by atoms with Crippen LogP contribution in [0.25, 0.3) is 0 Å². The lowest BCUT2D eigenvalue weighted by atomic mass is 9.96. The van der Waals surface area contributed by atoms with Gasteiger partial charge in [0.25, 0.3) is 0 Å². The number of nitrogens with zero attached hydrogens (tertiary/aromatic N) is 1. The molecule has 0 spiro atoms. The Kier molecular flexibility index (Phi) is 5.23. The van der Waals surface area contributed by atoms with Crippen LogP contribution in [0.15, 0.2) is 36.5 Å². The molecule has 2 rings (SSSR count). The highest BCUT2D eigenvalue weighted by atomic mass is 35.5. The van der Waals surface area contributed by atoms with Crippen LogP contribution in [-0.2, 0) is 6.61 Å². The van der Waals surface area contributed by atoms with Gasteiger partial charge in [-0.05, 0) is 36.7 Å². The van der Waals surface area contributed by atoms with Gasteiger partial charge in [-0.1, -0.05) is 11.6 Å². The first-order chi connectivity index (χ1) is 10.1. The first-order valence-electron chi connectivity index (χ1n) is 6.28. The first kappa shape index (κ1) is 15.4. The number of rotatable bonds is 6. The molecule has 0 atom stereocenters. The van der Waals surface area contributed by atoms with Crippen molar-refractivity contribution in [3.63, 3.8) is 0 Å². The molecule has 0 saturated heterocycles. The zero-order valence-electron chi connectivity index (χ0n) is 11.5. The average molecular weight is 302 g/mol. The predicted molar refractivity (Wildman–Crippen MR) is 81.5 cm³/mol. The van der Waals surface area contributed by atoms with E-state index < -0.39 is 0 Å².